The molecule has 0 aromatic carbocycles. The molecule has 1 aliphatic heterocycles. The lowest BCUT2D eigenvalue weighted by atomic mass is 9.77. The molecule has 1 aliphatic carbocycles. The van der Waals surface area contributed by atoms with E-state index < -0.39 is 0 Å². The number of aromatic nitrogens is 1. The van der Waals surface area contributed by atoms with Crippen molar-refractivity contribution in [1.82, 2.24) is 9.88 Å². The van der Waals surface area contributed by atoms with Crippen molar-refractivity contribution in [2.24, 2.45) is 5.73 Å². The van der Waals surface area contributed by atoms with Gasteiger partial charge in [-0.2, -0.15) is 0 Å². The van der Waals surface area contributed by atoms with Gasteiger partial charge in [0.15, 0.2) is 0 Å². The Labute approximate surface area is 109 Å². The summed E-state index contributed by atoms with van der Waals surface area (Å²) >= 11 is 0. The molecule has 2 fully saturated rings. The first-order chi connectivity index (χ1) is 8.75. The molecule has 1 saturated carbocycles. The fourth-order valence-electron chi connectivity index (χ4n) is 2.91. The molecule has 0 bridgehead atoms. The molecule has 0 amide bonds. The molecule has 98 valence electrons. The summed E-state index contributed by atoms with van der Waals surface area (Å²) in [5.41, 5.74) is 6.43. The van der Waals surface area contributed by atoms with E-state index in [4.69, 9.17) is 5.73 Å². The second-order valence-corrected chi connectivity index (χ2v) is 5.67. The van der Waals surface area contributed by atoms with E-state index in [1.165, 1.54) is 19.3 Å². The van der Waals surface area contributed by atoms with Crippen LogP contribution in [-0.4, -0.2) is 48.1 Å². The van der Waals surface area contributed by atoms with Gasteiger partial charge in [0, 0.05) is 44.5 Å². The molecule has 18 heavy (non-hydrogen) atoms. The predicted molar refractivity (Wildman–Crippen MR) is 73.7 cm³/mol. The Morgan fingerprint density at radius 3 is 2.50 bits per heavy atom. The molecule has 0 unspecified atom stereocenters. The number of anilines is 1. The van der Waals surface area contributed by atoms with Gasteiger partial charge in [0.05, 0.1) is 0 Å². The first-order valence-corrected chi connectivity index (χ1v) is 6.92. The Morgan fingerprint density at radius 1 is 1.17 bits per heavy atom. The number of piperazine rings is 1. The molecule has 0 radical (unpaired) electrons. The van der Waals surface area contributed by atoms with Crippen LogP contribution in [0.3, 0.4) is 0 Å². The molecule has 1 saturated heterocycles. The second-order valence-electron chi connectivity index (χ2n) is 5.67. The number of hydrogen-bond acceptors (Lipinski definition) is 4. The third kappa shape index (κ3) is 2.49. The van der Waals surface area contributed by atoms with Gasteiger partial charge in [0.1, 0.15) is 5.82 Å². The molecule has 1 aromatic rings. The van der Waals surface area contributed by atoms with Crippen LogP contribution in [-0.2, 0) is 0 Å². The summed E-state index contributed by atoms with van der Waals surface area (Å²) in [7, 11) is 0. The second kappa shape index (κ2) is 4.86. The lowest BCUT2D eigenvalue weighted by molar-refractivity contribution is 0.139. The molecule has 4 heteroatoms. The molecule has 3 rings (SSSR count). The number of hydrogen-bond donors (Lipinski definition) is 1. The van der Waals surface area contributed by atoms with E-state index in [0.717, 1.165) is 38.5 Å². The quantitative estimate of drug-likeness (QED) is 0.867. The maximum Gasteiger partial charge on any atom is 0.128 e. The monoisotopic (exact) mass is 246 g/mol. The van der Waals surface area contributed by atoms with E-state index in [1.54, 1.807) is 0 Å². The molecule has 2 heterocycles. The van der Waals surface area contributed by atoms with Crippen molar-refractivity contribution in [3.05, 3.63) is 24.4 Å². The third-order valence-corrected chi connectivity index (χ3v) is 4.23. The minimum atomic E-state index is 0.118. The lowest BCUT2D eigenvalue weighted by Gasteiger charge is -2.44. The number of pyridine rings is 1. The summed E-state index contributed by atoms with van der Waals surface area (Å²) in [4.78, 5) is 9.29. The highest BCUT2D eigenvalue weighted by Gasteiger charge is 2.35. The fraction of sp³-hybridized carbons (Fsp3) is 0.643. The minimum absolute atomic E-state index is 0.118. The van der Waals surface area contributed by atoms with E-state index in [2.05, 4.69) is 26.9 Å². The van der Waals surface area contributed by atoms with Gasteiger partial charge in [0.25, 0.3) is 0 Å². The van der Waals surface area contributed by atoms with Gasteiger partial charge in [-0.25, -0.2) is 4.98 Å². The van der Waals surface area contributed by atoms with Crippen molar-refractivity contribution < 1.29 is 0 Å². The van der Waals surface area contributed by atoms with Crippen LogP contribution in [0.25, 0.3) is 0 Å². The average Bonchev–Trinajstić information content (AvgIpc) is 2.39. The Kier molecular flexibility index (Phi) is 3.22. The summed E-state index contributed by atoms with van der Waals surface area (Å²) in [5.74, 6) is 1.10. The van der Waals surface area contributed by atoms with E-state index in [1.807, 2.05) is 12.3 Å². The van der Waals surface area contributed by atoms with E-state index in [-0.39, 0.29) is 5.54 Å². The molecule has 2 aliphatic rings. The zero-order valence-corrected chi connectivity index (χ0v) is 10.9. The summed E-state index contributed by atoms with van der Waals surface area (Å²) in [6.45, 7) is 5.41. The largest absolute Gasteiger partial charge is 0.354 e. The van der Waals surface area contributed by atoms with Crippen LogP contribution in [0.5, 0.6) is 0 Å². The van der Waals surface area contributed by atoms with E-state index in [9.17, 15) is 0 Å². The predicted octanol–water partition coefficient (Wildman–Crippen LogP) is 1.08. The van der Waals surface area contributed by atoms with Crippen LogP contribution in [0.2, 0.25) is 0 Å². The topological polar surface area (TPSA) is 45.4 Å². The van der Waals surface area contributed by atoms with Gasteiger partial charge in [-0.1, -0.05) is 6.07 Å². The Balaban J connectivity index is 1.52. The molecular weight excluding hydrogens is 224 g/mol. The molecule has 2 N–H and O–H groups in total. The maximum atomic E-state index is 6.31. The van der Waals surface area contributed by atoms with Gasteiger partial charge in [-0.05, 0) is 31.4 Å². The third-order valence-electron chi connectivity index (χ3n) is 4.23. The number of nitrogens with zero attached hydrogens (tertiary/aromatic N) is 3. The van der Waals surface area contributed by atoms with E-state index in [0.29, 0.717) is 0 Å². The zero-order chi connectivity index (χ0) is 12.4. The van der Waals surface area contributed by atoms with Crippen molar-refractivity contribution >= 4 is 5.82 Å². The zero-order valence-electron chi connectivity index (χ0n) is 10.9. The summed E-state index contributed by atoms with van der Waals surface area (Å²) < 4.78 is 0. The number of rotatable bonds is 3. The fourth-order valence-corrected chi connectivity index (χ4v) is 2.91. The standard InChI is InChI=1S/C14H22N4/c15-14(5-3-6-14)12-17-8-10-18(11-9-17)13-4-1-2-7-16-13/h1-2,4,7H,3,5-6,8-12,15H2. The lowest BCUT2D eigenvalue weighted by Crippen LogP contribution is -2.58. The van der Waals surface area contributed by atoms with Crippen LogP contribution in [0.15, 0.2) is 24.4 Å². The van der Waals surface area contributed by atoms with Crippen LogP contribution in [0.4, 0.5) is 5.82 Å². The summed E-state index contributed by atoms with van der Waals surface area (Å²) in [6.07, 6.45) is 5.58. The average molecular weight is 246 g/mol. The van der Waals surface area contributed by atoms with Crippen molar-refractivity contribution in [3.8, 4) is 0 Å². The molecule has 4 nitrogen and oxygen atoms in total. The highest BCUT2D eigenvalue weighted by atomic mass is 15.3. The summed E-state index contributed by atoms with van der Waals surface area (Å²) in [5, 5.41) is 0. The highest BCUT2D eigenvalue weighted by Crippen LogP contribution is 2.30. The number of nitrogens with two attached hydrogens (primary N) is 1. The van der Waals surface area contributed by atoms with Gasteiger partial charge < -0.3 is 10.6 Å². The first kappa shape index (κ1) is 11.9. The van der Waals surface area contributed by atoms with Crippen LogP contribution in [0.1, 0.15) is 19.3 Å². The SMILES string of the molecule is NC1(CN2CCN(c3ccccn3)CC2)CCC1. The van der Waals surface area contributed by atoms with E-state index >= 15 is 0 Å². The molecular formula is C14H22N4. The Bertz CT molecular complexity index is 380. The van der Waals surface area contributed by atoms with Crippen LogP contribution in [0, 0.1) is 0 Å². The van der Waals surface area contributed by atoms with Gasteiger partial charge in [-0.3, -0.25) is 4.90 Å². The van der Waals surface area contributed by atoms with Gasteiger partial charge >= 0.3 is 0 Å². The Morgan fingerprint density at radius 2 is 1.94 bits per heavy atom. The van der Waals surface area contributed by atoms with Crippen LogP contribution >= 0.6 is 0 Å². The maximum absolute atomic E-state index is 6.31. The molecule has 1 aromatic heterocycles. The van der Waals surface area contributed by atoms with Crippen LogP contribution < -0.4 is 10.6 Å². The smallest absolute Gasteiger partial charge is 0.128 e. The first-order valence-electron chi connectivity index (χ1n) is 6.92. The Hall–Kier alpha value is -1.13. The van der Waals surface area contributed by atoms with Crippen molar-refractivity contribution in [2.45, 2.75) is 24.8 Å². The minimum Gasteiger partial charge on any atom is -0.354 e. The highest BCUT2D eigenvalue weighted by molar-refractivity contribution is 5.38. The normalized spacial score (nSPS) is 23.7. The molecule has 0 atom stereocenters. The van der Waals surface area contributed by atoms with Gasteiger partial charge in [0.2, 0.25) is 0 Å². The summed E-state index contributed by atoms with van der Waals surface area (Å²) in [6, 6.07) is 6.11. The van der Waals surface area contributed by atoms with Gasteiger partial charge in [-0.15, -0.1) is 0 Å². The van der Waals surface area contributed by atoms with Crippen molar-refractivity contribution in [3.63, 3.8) is 0 Å². The van der Waals surface area contributed by atoms with Crippen molar-refractivity contribution in [2.75, 3.05) is 37.6 Å². The van der Waals surface area contributed by atoms with Crippen molar-refractivity contribution in [1.29, 1.82) is 0 Å². The molecule has 0 spiro atoms.